The summed E-state index contributed by atoms with van der Waals surface area (Å²) in [6.45, 7) is 12.0. The van der Waals surface area contributed by atoms with Gasteiger partial charge in [-0.05, 0) is 62.2 Å². The highest BCUT2D eigenvalue weighted by Crippen LogP contribution is 2.30. The molecule has 100 valence electrons. The summed E-state index contributed by atoms with van der Waals surface area (Å²) in [6, 6.07) is 8.23. The van der Waals surface area contributed by atoms with E-state index in [0.29, 0.717) is 6.61 Å². The summed E-state index contributed by atoms with van der Waals surface area (Å²) in [6.07, 6.45) is 4.28. The van der Waals surface area contributed by atoms with Crippen LogP contribution in [-0.4, -0.2) is 18.1 Å². The van der Waals surface area contributed by atoms with Gasteiger partial charge in [-0.15, -0.1) is 0 Å². The second-order valence-electron chi connectivity index (χ2n) is 4.55. The van der Waals surface area contributed by atoms with Gasteiger partial charge in [-0.3, -0.25) is 0 Å². The Labute approximate surface area is 115 Å². The Bertz CT molecular complexity index is 523. The van der Waals surface area contributed by atoms with Gasteiger partial charge in [0.2, 0.25) is 0 Å². The van der Waals surface area contributed by atoms with E-state index >= 15 is 0 Å². The molecule has 0 saturated heterocycles. The second-order valence-corrected chi connectivity index (χ2v) is 4.55. The summed E-state index contributed by atoms with van der Waals surface area (Å²) >= 11 is 0. The van der Waals surface area contributed by atoms with Crippen molar-refractivity contribution in [3.8, 4) is 5.75 Å². The van der Waals surface area contributed by atoms with Crippen molar-refractivity contribution in [2.45, 2.75) is 20.8 Å². The van der Waals surface area contributed by atoms with Crippen LogP contribution in [0.15, 0.2) is 54.3 Å². The molecule has 1 aliphatic rings. The molecular weight excluding hydrogens is 234 g/mol. The summed E-state index contributed by atoms with van der Waals surface area (Å²) in [5.74, 6) is 0.913. The highest BCUT2D eigenvalue weighted by Gasteiger charge is 2.17. The molecule has 2 nitrogen and oxygen atoms in total. The molecule has 2 heteroatoms. The normalized spacial score (nSPS) is 15.1. The minimum absolute atomic E-state index is 0.696. The molecular formula is C17H21NO. The predicted molar refractivity (Wildman–Crippen MR) is 80.9 cm³/mol. The van der Waals surface area contributed by atoms with Crippen LogP contribution in [-0.2, 0) is 0 Å². The summed E-state index contributed by atoms with van der Waals surface area (Å²) in [7, 11) is 0. The molecule has 0 saturated carbocycles. The van der Waals surface area contributed by atoms with Crippen LogP contribution in [0.1, 0.15) is 26.3 Å². The smallest absolute Gasteiger partial charge is 0.119 e. The third kappa shape index (κ3) is 2.73. The van der Waals surface area contributed by atoms with E-state index in [2.05, 4.69) is 49.6 Å². The topological polar surface area (TPSA) is 12.5 Å². The molecule has 0 aromatic heterocycles. The number of allylic oxidation sites excluding steroid dienone is 3. The van der Waals surface area contributed by atoms with E-state index < -0.39 is 0 Å². The molecule has 0 atom stereocenters. The highest BCUT2D eigenvalue weighted by atomic mass is 16.5. The number of likely N-dealkylation sites (N-methyl/N-ethyl adjacent to an activating group) is 1. The quantitative estimate of drug-likeness (QED) is 0.798. The number of ether oxygens (including phenoxy) is 1. The van der Waals surface area contributed by atoms with Crippen LogP contribution >= 0.6 is 0 Å². The maximum atomic E-state index is 5.48. The van der Waals surface area contributed by atoms with Gasteiger partial charge in [0.25, 0.3) is 0 Å². The standard InChI is InChI=1S/C17H21NO/c1-5-18-14(4)13(3)7-12-17(18)15-8-10-16(11-9-15)19-6-2/h7-12H,4-6H2,1-3H3. The Morgan fingerprint density at radius 2 is 1.79 bits per heavy atom. The monoisotopic (exact) mass is 255 g/mol. The summed E-state index contributed by atoms with van der Waals surface area (Å²) in [5.41, 5.74) is 4.68. The maximum Gasteiger partial charge on any atom is 0.119 e. The van der Waals surface area contributed by atoms with Crippen LogP contribution in [0, 0.1) is 0 Å². The molecule has 1 heterocycles. The van der Waals surface area contributed by atoms with Crippen molar-refractivity contribution >= 4 is 5.70 Å². The van der Waals surface area contributed by atoms with Crippen molar-refractivity contribution in [3.05, 3.63) is 59.8 Å². The molecule has 1 aromatic carbocycles. The number of benzene rings is 1. The van der Waals surface area contributed by atoms with Gasteiger partial charge in [-0.2, -0.15) is 0 Å². The van der Waals surface area contributed by atoms with E-state index in [1.165, 1.54) is 16.8 Å². The lowest BCUT2D eigenvalue weighted by Crippen LogP contribution is -2.23. The third-order valence-electron chi connectivity index (χ3n) is 3.34. The zero-order valence-electron chi connectivity index (χ0n) is 11.9. The van der Waals surface area contributed by atoms with Crippen molar-refractivity contribution < 1.29 is 4.74 Å². The first-order valence-corrected chi connectivity index (χ1v) is 6.76. The fraction of sp³-hybridized carbons (Fsp3) is 0.294. The lowest BCUT2D eigenvalue weighted by molar-refractivity contribution is 0.340. The Hall–Kier alpha value is -1.96. The third-order valence-corrected chi connectivity index (χ3v) is 3.34. The summed E-state index contributed by atoms with van der Waals surface area (Å²) < 4.78 is 5.48. The van der Waals surface area contributed by atoms with E-state index in [1.54, 1.807) is 0 Å². The molecule has 1 aliphatic heterocycles. The molecule has 0 aliphatic carbocycles. The molecule has 0 unspecified atom stereocenters. The van der Waals surface area contributed by atoms with E-state index in [1.807, 2.05) is 19.1 Å². The first-order valence-electron chi connectivity index (χ1n) is 6.76. The number of hydrogen-bond donors (Lipinski definition) is 0. The van der Waals surface area contributed by atoms with Gasteiger partial charge >= 0.3 is 0 Å². The van der Waals surface area contributed by atoms with Gasteiger partial charge in [0, 0.05) is 17.9 Å². The molecule has 0 radical (unpaired) electrons. The van der Waals surface area contributed by atoms with Crippen molar-refractivity contribution in [2.75, 3.05) is 13.2 Å². The van der Waals surface area contributed by atoms with Crippen LogP contribution in [0.4, 0.5) is 0 Å². The van der Waals surface area contributed by atoms with E-state index in [4.69, 9.17) is 4.74 Å². The van der Waals surface area contributed by atoms with Crippen LogP contribution in [0.2, 0.25) is 0 Å². The Balaban J connectivity index is 2.32. The van der Waals surface area contributed by atoms with Gasteiger partial charge in [0.05, 0.1) is 6.61 Å². The lowest BCUT2D eigenvalue weighted by atomic mass is 10.0. The van der Waals surface area contributed by atoms with E-state index in [9.17, 15) is 0 Å². The Morgan fingerprint density at radius 3 is 2.37 bits per heavy atom. The fourth-order valence-electron chi connectivity index (χ4n) is 2.25. The average molecular weight is 255 g/mol. The van der Waals surface area contributed by atoms with Gasteiger partial charge in [-0.25, -0.2) is 0 Å². The molecule has 0 bridgehead atoms. The summed E-state index contributed by atoms with van der Waals surface area (Å²) in [4.78, 5) is 2.24. The minimum Gasteiger partial charge on any atom is -0.494 e. The molecule has 1 aromatic rings. The van der Waals surface area contributed by atoms with Crippen molar-refractivity contribution in [2.24, 2.45) is 0 Å². The lowest BCUT2D eigenvalue weighted by Gasteiger charge is -2.31. The average Bonchev–Trinajstić information content (AvgIpc) is 2.43. The first-order chi connectivity index (χ1) is 9.17. The van der Waals surface area contributed by atoms with E-state index in [-0.39, 0.29) is 0 Å². The van der Waals surface area contributed by atoms with Crippen LogP contribution in [0.5, 0.6) is 5.75 Å². The number of hydrogen-bond acceptors (Lipinski definition) is 2. The largest absolute Gasteiger partial charge is 0.494 e. The van der Waals surface area contributed by atoms with Gasteiger partial charge in [0.15, 0.2) is 0 Å². The van der Waals surface area contributed by atoms with E-state index in [0.717, 1.165) is 18.0 Å². The molecule has 19 heavy (non-hydrogen) atoms. The van der Waals surface area contributed by atoms with Crippen LogP contribution in [0.25, 0.3) is 5.70 Å². The van der Waals surface area contributed by atoms with Gasteiger partial charge in [0.1, 0.15) is 5.75 Å². The zero-order valence-corrected chi connectivity index (χ0v) is 11.9. The number of nitrogens with zero attached hydrogens (tertiary/aromatic N) is 1. The Morgan fingerprint density at radius 1 is 1.11 bits per heavy atom. The second kappa shape index (κ2) is 5.79. The molecule has 0 amide bonds. The molecule has 0 N–H and O–H groups in total. The predicted octanol–water partition coefficient (Wildman–Crippen LogP) is 4.22. The van der Waals surface area contributed by atoms with Crippen LogP contribution in [0.3, 0.4) is 0 Å². The van der Waals surface area contributed by atoms with Crippen LogP contribution < -0.4 is 4.74 Å². The van der Waals surface area contributed by atoms with Gasteiger partial charge in [-0.1, -0.05) is 12.7 Å². The van der Waals surface area contributed by atoms with Crippen molar-refractivity contribution in [3.63, 3.8) is 0 Å². The highest BCUT2D eigenvalue weighted by molar-refractivity contribution is 5.70. The summed E-state index contributed by atoms with van der Waals surface area (Å²) in [5, 5.41) is 0. The fourth-order valence-corrected chi connectivity index (χ4v) is 2.25. The zero-order chi connectivity index (χ0) is 13.8. The number of rotatable bonds is 4. The molecule has 0 spiro atoms. The van der Waals surface area contributed by atoms with Crippen molar-refractivity contribution in [1.29, 1.82) is 0 Å². The SMILES string of the molecule is C=C1C(C)=CC=C(c2ccc(OCC)cc2)N1CC. The molecule has 0 fully saturated rings. The Kier molecular flexibility index (Phi) is 4.10. The minimum atomic E-state index is 0.696. The maximum absolute atomic E-state index is 5.48. The molecule has 2 rings (SSSR count). The van der Waals surface area contributed by atoms with Crippen molar-refractivity contribution in [1.82, 2.24) is 4.90 Å². The first kappa shape index (κ1) is 13.5. The van der Waals surface area contributed by atoms with Gasteiger partial charge < -0.3 is 9.64 Å².